The van der Waals surface area contributed by atoms with Crippen LogP contribution in [-0.2, 0) is 4.79 Å². The molecule has 2 saturated heterocycles. The van der Waals surface area contributed by atoms with Gasteiger partial charge in [-0.1, -0.05) is 19.9 Å². The number of piperidine rings is 1. The highest BCUT2D eigenvalue weighted by molar-refractivity contribution is 5.93. The Morgan fingerprint density at radius 1 is 1.10 bits per heavy atom. The second-order valence-electron chi connectivity index (χ2n) is 11.5. The number of aromatic nitrogens is 4. The molecule has 5 heterocycles. The Morgan fingerprint density at radius 2 is 1.87 bits per heavy atom. The van der Waals surface area contributed by atoms with E-state index in [2.05, 4.69) is 86.4 Å². The van der Waals surface area contributed by atoms with Gasteiger partial charge in [0.05, 0.1) is 17.9 Å². The second-order valence-corrected chi connectivity index (χ2v) is 11.5. The average molecular weight is 529 g/mol. The van der Waals surface area contributed by atoms with Crippen LogP contribution >= 0.6 is 0 Å². The van der Waals surface area contributed by atoms with E-state index in [9.17, 15) is 4.79 Å². The van der Waals surface area contributed by atoms with Crippen LogP contribution in [0.3, 0.4) is 0 Å². The Balaban J connectivity index is 1.35. The fraction of sp³-hybridized carbons (Fsp3) is 0.500. The van der Waals surface area contributed by atoms with Crippen LogP contribution in [0.1, 0.15) is 49.7 Å². The molecule has 39 heavy (non-hydrogen) atoms. The first kappa shape index (κ1) is 25.8. The van der Waals surface area contributed by atoms with Crippen molar-refractivity contribution < 1.29 is 4.79 Å². The summed E-state index contributed by atoms with van der Waals surface area (Å²) in [6, 6.07) is 9.27. The van der Waals surface area contributed by atoms with Crippen molar-refractivity contribution in [1.82, 2.24) is 34.7 Å². The van der Waals surface area contributed by atoms with E-state index in [1.807, 2.05) is 4.52 Å². The number of carbonyl (C=O) groups is 1. The number of likely N-dealkylation sites (tertiary alicyclic amines) is 1. The van der Waals surface area contributed by atoms with E-state index in [-0.39, 0.29) is 5.91 Å². The molecule has 1 aromatic carbocycles. The zero-order chi connectivity index (χ0) is 27.1. The third-order valence-corrected chi connectivity index (χ3v) is 8.63. The van der Waals surface area contributed by atoms with Gasteiger partial charge in [-0.25, -0.2) is 9.50 Å². The van der Waals surface area contributed by atoms with Gasteiger partial charge < -0.3 is 20.1 Å². The number of rotatable bonds is 6. The molecule has 0 atom stereocenters. The van der Waals surface area contributed by atoms with E-state index in [4.69, 9.17) is 0 Å². The van der Waals surface area contributed by atoms with Gasteiger partial charge in [0.1, 0.15) is 6.33 Å². The number of hydrogen-bond acceptors (Lipinski definition) is 6. The maximum atomic E-state index is 11.8. The standard InChI is InChI=1S/C30H40N8O/c1-20(2)28-24-15-22(21-7-9-36(10-8-21)18-27(39)31-3)5-6-25(24)34-29(28)23-16-26(30-32-19-33-38(30)17-23)37-13-11-35(4)12-14-37/h5-6,15-17,19-21,34H,7-14,18H2,1-4H3,(H,31,39). The molecule has 9 nitrogen and oxygen atoms in total. The van der Waals surface area contributed by atoms with Crippen molar-refractivity contribution in [2.45, 2.75) is 38.5 Å². The number of nitrogens with one attached hydrogen (secondary N) is 2. The van der Waals surface area contributed by atoms with Crippen molar-refractivity contribution in [3.63, 3.8) is 0 Å². The topological polar surface area (TPSA) is 84.8 Å². The number of benzene rings is 1. The van der Waals surface area contributed by atoms with E-state index in [1.54, 1.807) is 13.4 Å². The summed E-state index contributed by atoms with van der Waals surface area (Å²) in [5.41, 5.74) is 8.31. The van der Waals surface area contributed by atoms with Crippen LogP contribution in [0.25, 0.3) is 27.8 Å². The van der Waals surface area contributed by atoms with Crippen LogP contribution in [0.15, 0.2) is 36.8 Å². The molecule has 0 saturated carbocycles. The molecule has 4 aromatic rings. The quantitative estimate of drug-likeness (QED) is 0.397. The van der Waals surface area contributed by atoms with E-state index in [0.717, 1.165) is 69.0 Å². The Morgan fingerprint density at radius 3 is 2.59 bits per heavy atom. The molecular formula is C30H40N8O. The SMILES string of the molecule is CNC(=O)CN1CCC(c2ccc3[nH]c(-c4cc(N5CCN(C)CC5)c5ncnn5c4)c(C(C)C)c3c2)CC1. The molecule has 206 valence electrons. The summed E-state index contributed by atoms with van der Waals surface area (Å²) >= 11 is 0. The number of hydrogen-bond donors (Lipinski definition) is 2. The fourth-order valence-electron chi connectivity index (χ4n) is 6.34. The highest BCUT2D eigenvalue weighted by Gasteiger charge is 2.25. The van der Waals surface area contributed by atoms with Gasteiger partial charge in [-0.05, 0) is 74.1 Å². The summed E-state index contributed by atoms with van der Waals surface area (Å²) in [4.78, 5) is 27.3. The van der Waals surface area contributed by atoms with Crippen LogP contribution in [0.5, 0.6) is 0 Å². The average Bonchev–Trinajstić information content (AvgIpc) is 3.58. The van der Waals surface area contributed by atoms with Gasteiger partial charge in [-0.3, -0.25) is 9.69 Å². The number of fused-ring (bicyclic) bond motifs is 2. The molecule has 2 fully saturated rings. The van der Waals surface area contributed by atoms with Gasteiger partial charge in [-0.2, -0.15) is 5.10 Å². The molecule has 6 rings (SSSR count). The first-order chi connectivity index (χ1) is 18.9. The minimum absolute atomic E-state index is 0.0937. The number of anilines is 1. The van der Waals surface area contributed by atoms with Gasteiger partial charge in [0.25, 0.3) is 0 Å². The lowest BCUT2D eigenvalue weighted by atomic mass is 9.87. The van der Waals surface area contributed by atoms with Crippen molar-refractivity contribution in [2.24, 2.45) is 0 Å². The van der Waals surface area contributed by atoms with Gasteiger partial charge in [0.15, 0.2) is 5.65 Å². The molecule has 0 unspecified atom stereocenters. The predicted molar refractivity (Wildman–Crippen MR) is 157 cm³/mol. The van der Waals surface area contributed by atoms with Crippen molar-refractivity contribution in [3.05, 3.63) is 47.9 Å². The lowest BCUT2D eigenvalue weighted by Gasteiger charge is -2.34. The van der Waals surface area contributed by atoms with Crippen molar-refractivity contribution in [1.29, 1.82) is 0 Å². The number of amides is 1. The summed E-state index contributed by atoms with van der Waals surface area (Å²) in [5.74, 6) is 0.970. The number of pyridine rings is 1. The van der Waals surface area contributed by atoms with Crippen molar-refractivity contribution in [3.8, 4) is 11.3 Å². The zero-order valence-corrected chi connectivity index (χ0v) is 23.6. The van der Waals surface area contributed by atoms with E-state index in [0.29, 0.717) is 18.4 Å². The molecule has 3 aromatic heterocycles. The molecule has 2 aliphatic rings. The highest BCUT2D eigenvalue weighted by atomic mass is 16.1. The molecule has 9 heteroatoms. The Hall–Kier alpha value is -3.43. The summed E-state index contributed by atoms with van der Waals surface area (Å²) in [6.45, 7) is 11.0. The second kappa shape index (κ2) is 10.6. The molecule has 2 N–H and O–H groups in total. The van der Waals surface area contributed by atoms with Gasteiger partial charge >= 0.3 is 0 Å². The summed E-state index contributed by atoms with van der Waals surface area (Å²) < 4.78 is 1.93. The summed E-state index contributed by atoms with van der Waals surface area (Å²) in [6.07, 6.45) is 5.92. The summed E-state index contributed by atoms with van der Waals surface area (Å²) in [5, 5.41) is 8.59. The van der Waals surface area contributed by atoms with Crippen molar-refractivity contribution in [2.75, 3.05) is 64.8 Å². The lowest BCUT2D eigenvalue weighted by molar-refractivity contribution is -0.122. The number of H-pyrrole nitrogens is 1. The van der Waals surface area contributed by atoms with E-state index >= 15 is 0 Å². The third kappa shape index (κ3) is 5.01. The first-order valence-corrected chi connectivity index (χ1v) is 14.3. The highest BCUT2D eigenvalue weighted by Crippen LogP contribution is 2.39. The molecule has 1 amide bonds. The predicted octanol–water partition coefficient (Wildman–Crippen LogP) is 3.68. The van der Waals surface area contributed by atoms with E-state index in [1.165, 1.54) is 27.7 Å². The molecule has 2 aliphatic heterocycles. The Bertz CT molecular complexity index is 1470. The summed E-state index contributed by atoms with van der Waals surface area (Å²) in [7, 11) is 3.89. The number of likely N-dealkylation sites (N-methyl/N-ethyl adjacent to an activating group) is 2. The lowest BCUT2D eigenvalue weighted by Crippen LogP contribution is -2.44. The van der Waals surface area contributed by atoms with Crippen LogP contribution < -0.4 is 10.2 Å². The number of aromatic amines is 1. The fourth-order valence-corrected chi connectivity index (χ4v) is 6.34. The molecule has 0 aliphatic carbocycles. The number of carbonyl (C=O) groups excluding carboxylic acids is 1. The minimum atomic E-state index is 0.0937. The van der Waals surface area contributed by atoms with Gasteiger partial charge in [0.2, 0.25) is 5.91 Å². The van der Waals surface area contributed by atoms with E-state index < -0.39 is 0 Å². The number of nitrogens with zero attached hydrogens (tertiary/aromatic N) is 6. The van der Waals surface area contributed by atoms with Gasteiger partial charge in [0, 0.05) is 55.9 Å². The molecular weight excluding hydrogens is 488 g/mol. The smallest absolute Gasteiger partial charge is 0.233 e. The first-order valence-electron chi connectivity index (χ1n) is 14.3. The molecule has 0 radical (unpaired) electrons. The van der Waals surface area contributed by atoms with Crippen LogP contribution in [-0.4, -0.2) is 95.2 Å². The minimum Gasteiger partial charge on any atom is -0.366 e. The largest absolute Gasteiger partial charge is 0.366 e. The van der Waals surface area contributed by atoms with Crippen molar-refractivity contribution >= 4 is 28.1 Å². The van der Waals surface area contributed by atoms with Gasteiger partial charge in [-0.15, -0.1) is 0 Å². The zero-order valence-electron chi connectivity index (χ0n) is 23.6. The normalized spacial score (nSPS) is 18.0. The Kier molecular flexibility index (Phi) is 7.03. The maximum absolute atomic E-state index is 11.8. The molecule has 0 bridgehead atoms. The third-order valence-electron chi connectivity index (χ3n) is 8.63. The Labute approximate surface area is 230 Å². The maximum Gasteiger partial charge on any atom is 0.233 e. The van der Waals surface area contributed by atoms with Crippen LogP contribution in [0, 0.1) is 0 Å². The van der Waals surface area contributed by atoms with Crippen LogP contribution in [0.4, 0.5) is 5.69 Å². The molecule has 0 spiro atoms. The number of piperazine rings is 1. The monoisotopic (exact) mass is 528 g/mol. The van der Waals surface area contributed by atoms with Crippen LogP contribution in [0.2, 0.25) is 0 Å².